The molecule has 21 heavy (non-hydrogen) atoms. The minimum atomic E-state index is -0.481. The highest BCUT2D eigenvalue weighted by atomic mass is 16.5. The monoisotopic (exact) mass is 293 g/mol. The molecule has 1 aromatic rings. The Bertz CT molecular complexity index is 432. The van der Waals surface area contributed by atoms with Gasteiger partial charge in [-0.25, -0.2) is 0 Å². The third-order valence-electron chi connectivity index (χ3n) is 3.49. The standard InChI is InChI=1S/C16H27N3O2/c1-5-12(2)15(17)16(20)18-13-6-8-14(9-7-13)21-11-10-19(3)4/h6-9,12,15H,5,10-11,17H2,1-4H3,(H,18,20). The Morgan fingerprint density at radius 3 is 2.48 bits per heavy atom. The zero-order valence-corrected chi connectivity index (χ0v) is 13.4. The van der Waals surface area contributed by atoms with Gasteiger partial charge in [0.05, 0.1) is 6.04 Å². The minimum Gasteiger partial charge on any atom is -0.492 e. The van der Waals surface area contributed by atoms with Crippen molar-refractivity contribution in [1.82, 2.24) is 4.90 Å². The molecular weight excluding hydrogens is 266 g/mol. The van der Waals surface area contributed by atoms with Crippen LogP contribution in [0.3, 0.4) is 0 Å². The van der Waals surface area contributed by atoms with Gasteiger partial charge < -0.3 is 20.7 Å². The van der Waals surface area contributed by atoms with Gasteiger partial charge in [-0.2, -0.15) is 0 Å². The summed E-state index contributed by atoms with van der Waals surface area (Å²) in [5, 5.41) is 2.83. The van der Waals surface area contributed by atoms with E-state index in [1.54, 1.807) is 0 Å². The van der Waals surface area contributed by atoms with E-state index in [0.29, 0.717) is 6.61 Å². The molecule has 0 spiro atoms. The van der Waals surface area contributed by atoms with Crippen LogP contribution in [0.4, 0.5) is 5.69 Å². The highest BCUT2D eigenvalue weighted by molar-refractivity contribution is 5.94. The number of hydrogen-bond acceptors (Lipinski definition) is 4. The molecule has 2 unspecified atom stereocenters. The molecule has 0 aliphatic rings. The molecule has 0 heterocycles. The van der Waals surface area contributed by atoms with Gasteiger partial charge in [0.1, 0.15) is 12.4 Å². The van der Waals surface area contributed by atoms with Crippen LogP contribution in [0.5, 0.6) is 5.75 Å². The Morgan fingerprint density at radius 2 is 1.95 bits per heavy atom. The van der Waals surface area contributed by atoms with Crippen LogP contribution >= 0.6 is 0 Å². The first-order valence-electron chi connectivity index (χ1n) is 7.38. The molecule has 0 saturated heterocycles. The van der Waals surface area contributed by atoms with Crippen molar-refractivity contribution in [3.8, 4) is 5.75 Å². The minimum absolute atomic E-state index is 0.148. The van der Waals surface area contributed by atoms with Crippen LogP contribution < -0.4 is 15.8 Å². The lowest BCUT2D eigenvalue weighted by Crippen LogP contribution is -2.40. The Labute approximate surface area is 127 Å². The Hall–Kier alpha value is -1.59. The first-order chi connectivity index (χ1) is 9.93. The molecule has 0 radical (unpaired) electrons. The van der Waals surface area contributed by atoms with Gasteiger partial charge in [0.15, 0.2) is 0 Å². The fraction of sp³-hybridized carbons (Fsp3) is 0.562. The Kier molecular flexibility index (Phi) is 7.19. The summed E-state index contributed by atoms with van der Waals surface area (Å²) in [5.74, 6) is 0.810. The van der Waals surface area contributed by atoms with Crippen molar-refractivity contribution in [2.24, 2.45) is 11.7 Å². The summed E-state index contributed by atoms with van der Waals surface area (Å²) in [5.41, 5.74) is 6.64. The van der Waals surface area contributed by atoms with Gasteiger partial charge in [0.25, 0.3) is 0 Å². The number of benzene rings is 1. The topological polar surface area (TPSA) is 67.6 Å². The average Bonchev–Trinajstić information content (AvgIpc) is 2.47. The largest absolute Gasteiger partial charge is 0.492 e. The number of nitrogens with zero attached hydrogens (tertiary/aromatic N) is 1. The summed E-state index contributed by atoms with van der Waals surface area (Å²) >= 11 is 0. The second kappa shape index (κ2) is 8.64. The number of nitrogens with two attached hydrogens (primary N) is 1. The SMILES string of the molecule is CCC(C)C(N)C(=O)Nc1ccc(OCCN(C)C)cc1. The Balaban J connectivity index is 2.49. The summed E-state index contributed by atoms with van der Waals surface area (Å²) in [6, 6.07) is 6.87. The molecule has 1 rings (SSSR count). The van der Waals surface area contributed by atoms with Crippen molar-refractivity contribution < 1.29 is 9.53 Å². The van der Waals surface area contributed by atoms with Gasteiger partial charge in [-0.1, -0.05) is 20.3 Å². The predicted molar refractivity (Wildman–Crippen MR) is 86.6 cm³/mol. The fourth-order valence-corrected chi connectivity index (χ4v) is 1.72. The van der Waals surface area contributed by atoms with Crippen molar-refractivity contribution in [2.45, 2.75) is 26.3 Å². The number of nitrogens with one attached hydrogen (secondary N) is 1. The van der Waals surface area contributed by atoms with Crippen LogP contribution in [-0.4, -0.2) is 44.1 Å². The molecule has 5 nitrogen and oxygen atoms in total. The molecule has 3 N–H and O–H groups in total. The van der Waals surface area contributed by atoms with Crippen LogP contribution in [0, 0.1) is 5.92 Å². The van der Waals surface area contributed by atoms with Gasteiger partial charge in [-0.15, -0.1) is 0 Å². The van der Waals surface area contributed by atoms with Crippen LogP contribution in [0.2, 0.25) is 0 Å². The summed E-state index contributed by atoms with van der Waals surface area (Å²) in [6.07, 6.45) is 0.882. The molecule has 0 fully saturated rings. The van der Waals surface area contributed by atoms with Gasteiger partial charge in [-0.05, 0) is 44.3 Å². The number of rotatable bonds is 8. The van der Waals surface area contributed by atoms with E-state index >= 15 is 0 Å². The van der Waals surface area contributed by atoms with E-state index in [9.17, 15) is 4.79 Å². The molecule has 0 saturated carbocycles. The van der Waals surface area contributed by atoms with E-state index in [4.69, 9.17) is 10.5 Å². The van der Waals surface area contributed by atoms with Crippen LogP contribution in [0.15, 0.2) is 24.3 Å². The predicted octanol–water partition coefficient (Wildman–Crippen LogP) is 1.94. The van der Waals surface area contributed by atoms with Gasteiger partial charge in [-0.3, -0.25) is 4.79 Å². The second-order valence-corrected chi connectivity index (χ2v) is 5.58. The van der Waals surface area contributed by atoms with Crippen molar-refractivity contribution in [2.75, 3.05) is 32.6 Å². The van der Waals surface area contributed by atoms with Gasteiger partial charge in [0.2, 0.25) is 5.91 Å². The van der Waals surface area contributed by atoms with E-state index < -0.39 is 6.04 Å². The van der Waals surface area contributed by atoms with Crippen LogP contribution in [0.1, 0.15) is 20.3 Å². The van der Waals surface area contributed by atoms with Crippen molar-refractivity contribution >= 4 is 11.6 Å². The Morgan fingerprint density at radius 1 is 1.33 bits per heavy atom. The van der Waals surface area contributed by atoms with E-state index in [1.165, 1.54) is 0 Å². The van der Waals surface area contributed by atoms with E-state index in [2.05, 4.69) is 10.2 Å². The van der Waals surface area contributed by atoms with Crippen LogP contribution in [-0.2, 0) is 4.79 Å². The van der Waals surface area contributed by atoms with Crippen molar-refractivity contribution in [3.63, 3.8) is 0 Å². The lowest BCUT2D eigenvalue weighted by atomic mass is 9.99. The zero-order valence-electron chi connectivity index (χ0n) is 13.4. The lowest BCUT2D eigenvalue weighted by Gasteiger charge is -2.18. The smallest absolute Gasteiger partial charge is 0.241 e. The summed E-state index contributed by atoms with van der Waals surface area (Å²) < 4.78 is 5.60. The maximum atomic E-state index is 12.0. The first kappa shape index (κ1) is 17.5. The molecule has 0 aromatic heterocycles. The van der Waals surface area contributed by atoms with Crippen LogP contribution in [0.25, 0.3) is 0 Å². The molecule has 0 aliphatic heterocycles. The van der Waals surface area contributed by atoms with E-state index in [-0.39, 0.29) is 11.8 Å². The number of carbonyl (C=O) groups is 1. The zero-order chi connectivity index (χ0) is 15.8. The third-order valence-corrected chi connectivity index (χ3v) is 3.49. The number of hydrogen-bond donors (Lipinski definition) is 2. The summed E-state index contributed by atoms with van der Waals surface area (Å²) in [7, 11) is 4.01. The maximum absolute atomic E-state index is 12.0. The van der Waals surface area contributed by atoms with E-state index in [0.717, 1.165) is 24.4 Å². The fourth-order valence-electron chi connectivity index (χ4n) is 1.72. The summed E-state index contributed by atoms with van der Waals surface area (Å²) in [4.78, 5) is 14.0. The molecule has 1 amide bonds. The van der Waals surface area contributed by atoms with Crippen molar-refractivity contribution in [3.05, 3.63) is 24.3 Å². The average molecular weight is 293 g/mol. The summed E-state index contributed by atoms with van der Waals surface area (Å²) in [6.45, 7) is 5.50. The van der Waals surface area contributed by atoms with Crippen molar-refractivity contribution in [1.29, 1.82) is 0 Å². The van der Waals surface area contributed by atoms with Gasteiger partial charge in [0, 0.05) is 12.2 Å². The lowest BCUT2D eigenvalue weighted by molar-refractivity contribution is -0.118. The second-order valence-electron chi connectivity index (χ2n) is 5.58. The first-order valence-corrected chi connectivity index (χ1v) is 7.38. The number of ether oxygens (including phenoxy) is 1. The van der Waals surface area contributed by atoms with Gasteiger partial charge >= 0.3 is 0 Å². The molecule has 1 aromatic carbocycles. The van der Waals surface area contributed by atoms with E-state index in [1.807, 2.05) is 52.2 Å². The highest BCUT2D eigenvalue weighted by Gasteiger charge is 2.19. The molecule has 118 valence electrons. The molecule has 5 heteroatoms. The normalized spacial score (nSPS) is 13.8. The highest BCUT2D eigenvalue weighted by Crippen LogP contribution is 2.16. The third kappa shape index (κ3) is 6.14. The molecular formula is C16H27N3O2. The molecule has 0 bridgehead atoms. The number of carbonyl (C=O) groups excluding carboxylic acids is 1. The quantitative estimate of drug-likeness (QED) is 0.768. The number of likely N-dealkylation sites (N-methyl/N-ethyl adjacent to an activating group) is 1. The molecule has 2 atom stereocenters. The molecule has 0 aliphatic carbocycles. The number of anilines is 1. The maximum Gasteiger partial charge on any atom is 0.241 e. The number of amides is 1.